The Balaban J connectivity index is 1.55. The zero-order chi connectivity index (χ0) is 22.6. The van der Waals surface area contributed by atoms with Crippen LogP contribution in [0.1, 0.15) is 28.8 Å². The molecule has 164 valence electrons. The Labute approximate surface area is 188 Å². The van der Waals surface area contributed by atoms with Crippen LogP contribution in [0.25, 0.3) is 11.1 Å². The van der Waals surface area contributed by atoms with E-state index in [1.165, 1.54) is 0 Å². The number of nitrogens with zero attached hydrogens (tertiary/aromatic N) is 4. The highest BCUT2D eigenvalue weighted by Gasteiger charge is 2.43. The number of rotatable bonds is 5. The molecule has 3 heterocycles. The van der Waals surface area contributed by atoms with Crippen LogP contribution < -0.4 is 0 Å². The first-order valence-electron chi connectivity index (χ1n) is 10.9. The lowest BCUT2D eigenvalue weighted by Gasteiger charge is -2.42. The van der Waals surface area contributed by atoms with E-state index in [9.17, 15) is 9.59 Å². The molecule has 1 saturated heterocycles. The summed E-state index contributed by atoms with van der Waals surface area (Å²) in [5.41, 5.74) is 3.33. The van der Waals surface area contributed by atoms with Gasteiger partial charge in [0.15, 0.2) is 0 Å². The van der Waals surface area contributed by atoms with Gasteiger partial charge in [0, 0.05) is 52.0 Å². The second-order valence-electron chi connectivity index (χ2n) is 8.63. The average molecular weight is 429 g/mol. The SMILES string of the molecule is CN(C)C(=O)C1(Cc2cccc(-c3cccnc3)c2)CCN(C(=O)c2cccnc2)CC1. The number of pyridine rings is 2. The van der Waals surface area contributed by atoms with Crippen molar-refractivity contribution < 1.29 is 9.59 Å². The highest BCUT2D eigenvalue weighted by atomic mass is 16.2. The highest BCUT2D eigenvalue weighted by molar-refractivity contribution is 5.94. The number of amides is 2. The molecule has 2 aromatic heterocycles. The van der Waals surface area contributed by atoms with Gasteiger partial charge < -0.3 is 9.80 Å². The first-order chi connectivity index (χ1) is 15.5. The summed E-state index contributed by atoms with van der Waals surface area (Å²) in [6, 6.07) is 15.8. The Morgan fingerprint density at radius 2 is 1.62 bits per heavy atom. The van der Waals surface area contributed by atoms with Gasteiger partial charge in [0.2, 0.25) is 5.91 Å². The Morgan fingerprint density at radius 3 is 2.25 bits per heavy atom. The standard InChI is InChI=1S/C26H28N4O2/c1-29(2)25(32)26(10-14-30(15-11-26)24(31)23-9-5-13-28-19-23)17-20-6-3-7-21(16-20)22-8-4-12-27-18-22/h3-9,12-13,16,18-19H,10-11,14-15,17H2,1-2H3. The van der Waals surface area contributed by atoms with Crippen molar-refractivity contribution in [2.75, 3.05) is 27.2 Å². The third-order valence-corrected chi connectivity index (χ3v) is 6.24. The van der Waals surface area contributed by atoms with Gasteiger partial charge in [-0.3, -0.25) is 19.6 Å². The lowest BCUT2D eigenvalue weighted by molar-refractivity contribution is -0.142. The van der Waals surface area contributed by atoms with Crippen LogP contribution in [0.15, 0.2) is 73.3 Å². The van der Waals surface area contributed by atoms with Crippen molar-refractivity contribution in [2.24, 2.45) is 5.41 Å². The molecule has 0 aliphatic carbocycles. The molecule has 0 spiro atoms. The Kier molecular flexibility index (Phi) is 6.30. The largest absolute Gasteiger partial charge is 0.348 e. The fraction of sp³-hybridized carbons (Fsp3) is 0.308. The minimum atomic E-state index is -0.525. The summed E-state index contributed by atoms with van der Waals surface area (Å²) in [7, 11) is 3.62. The summed E-state index contributed by atoms with van der Waals surface area (Å²) in [6.45, 7) is 1.10. The second-order valence-corrected chi connectivity index (χ2v) is 8.63. The summed E-state index contributed by atoms with van der Waals surface area (Å²) in [6.07, 6.45) is 8.78. The number of benzene rings is 1. The van der Waals surface area contributed by atoms with Gasteiger partial charge in [-0.2, -0.15) is 0 Å². The van der Waals surface area contributed by atoms with E-state index in [4.69, 9.17) is 0 Å². The molecular weight excluding hydrogens is 400 g/mol. The number of aromatic nitrogens is 2. The zero-order valence-electron chi connectivity index (χ0n) is 18.6. The third-order valence-electron chi connectivity index (χ3n) is 6.24. The summed E-state index contributed by atoms with van der Waals surface area (Å²) in [5, 5.41) is 0. The fourth-order valence-electron chi connectivity index (χ4n) is 4.54. The lowest BCUT2D eigenvalue weighted by Crippen LogP contribution is -2.51. The molecule has 4 rings (SSSR count). The lowest BCUT2D eigenvalue weighted by atomic mass is 9.72. The van der Waals surface area contributed by atoms with E-state index >= 15 is 0 Å². The number of carbonyl (C=O) groups is 2. The predicted octanol–water partition coefficient (Wildman–Crippen LogP) is 3.70. The van der Waals surface area contributed by atoms with Gasteiger partial charge in [-0.05, 0) is 54.2 Å². The highest BCUT2D eigenvalue weighted by Crippen LogP contribution is 2.38. The normalized spacial score (nSPS) is 15.2. The predicted molar refractivity (Wildman–Crippen MR) is 124 cm³/mol. The van der Waals surface area contributed by atoms with Crippen molar-refractivity contribution in [1.82, 2.24) is 19.8 Å². The molecule has 6 nitrogen and oxygen atoms in total. The molecule has 6 heteroatoms. The van der Waals surface area contributed by atoms with Crippen molar-refractivity contribution in [3.63, 3.8) is 0 Å². The number of piperidine rings is 1. The molecule has 0 radical (unpaired) electrons. The van der Waals surface area contributed by atoms with Crippen LogP contribution in [-0.4, -0.2) is 58.8 Å². The van der Waals surface area contributed by atoms with Crippen LogP contribution in [0.5, 0.6) is 0 Å². The minimum Gasteiger partial charge on any atom is -0.348 e. The molecule has 0 N–H and O–H groups in total. The summed E-state index contributed by atoms with van der Waals surface area (Å²) in [5.74, 6) is 0.0975. The molecule has 1 aliphatic heterocycles. The molecular formula is C26H28N4O2. The Bertz CT molecular complexity index is 1080. The fourth-order valence-corrected chi connectivity index (χ4v) is 4.54. The van der Waals surface area contributed by atoms with Gasteiger partial charge >= 0.3 is 0 Å². The zero-order valence-corrected chi connectivity index (χ0v) is 18.6. The van der Waals surface area contributed by atoms with Gasteiger partial charge in [-0.1, -0.05) is 30.3 Å². The molecule has 32 heavy (non-hydrogen) atoms. The maximum atomic E-state index is 13.3. The quantitative estimate of drug-likeness (QED) is 0.622. The van der Waals surface area contributed by atoms with Crippen molar-refractivity contribution in [1.29, 1.82) is 0 Å². The van der Waals surface area contributed by atoms with E-state index in [-0.39, 0.29) is 11.8 Å². The molecule has 0 unspecified atom stereocenters. The third kappa shape index (κ3) is 4.54. The number of hydrogen-bond donors (Lipinski definition) is 0. The van der Waals surface area contributed by atoms with Crippen LogP contribution in [0.4, 0.5) is 0 Å². The summed E-state index contributed by atoms with van der Waals surface area (Å²) < 4.78 is 0. The average Bonchev–Trinajstić information content (AvgIpc) is 2.85. The van der Waals surface area contributed by atoms with E-state index in [1.807, 2.05) is 43.4 Å². The minimum absolute atomic E-state index is 0.0254. The number of hydrogen-bond acceptors (Lipinski definition) is 4. The maximum absolute atomic E-state index is 13.3. The molecule has 0 bridgehead atoms. The van der Waals surface area contributed by atoms with Gasteiger partial charge in [-0.25, -0.2) is 0 Å². The first-order valence-corrected chi connectivity index (χ1v) is 10.9. The van der Waals surface area contributed by atoms with Crippen LogP contribution in [0, 0.1) is 5.41 Å². The van der Waals surface area contributed by atoms with Crippen LogP contribution >= 0.6 is 0 Å². The molecule has 2 amide bonds. The van der Waals surface area contributed by atoms with Gasteiger partial charge in [0.05, 0.1) is 11.0 Å². The van der Waals surface area contributed by atoms with E-state index < -0.39 is 5.41 Å². The van der Waals surface area contributed by atoms with Crippen molar-refractivity contribution in [3.05, 3.63) is 84.4 Å². The van der Waals surface area contributed by atoms with E-state index in [1.54, 1.807) is 35.6 Å². The topological polar surface area (TPSA) is 66.4 Å². The van der Waals surface area contributed by atoms with Crippen LogP contribution in [0.3, 0.4) is 0 Å². The molecule has 3 aromatic rings. The smallest absolute Gasteiger partial charge is 0.255 e. The van der Waals surface area contributed by atoms with Crippen LogP contribution in [-0.2, 0) is 11.2 Å². The summed E-state index contributed by atoms with van der Waals surface area (Å²) >= 11 is 0. The molecule has 1 aromatic carbocycles. The van der Waals surface area contributed by atoms with Crippen molar-refractivity contribution in [3.8, 4) is 11.1 Å². The van der Waals surface area contributed by atoms with Crippen LogP contribution in [0.2, 0.25) is 0 Å². The van der Waals surface area contributed by atoms with E-state index in [0.29, 0.717) is 37.9 Å². The molecule has 1 aliphatic rings. The monoisotopic (exact) mass is 428 g/mol. The molecule has 0 saturated carbocycles. The summed E-state index contributed by atoms with van der Waals surface area (Å²) in [4.78, 5) is 38.0. The molecule has 1 fully saturated rings. The number of carbonyl (C=O) groups excluding carboxylic acids is 2. The molecule has 0 atom stereocenters. The van der Waals surface area contributed by atoms with Gasteiger partial charge in [0.25, 0.3) is 5.91 Å². The van der Waals surface area contributed by atoms with Gasteiger partial charge in [-0.15, -0.1) is 0 Å². The van der Waals surface area contributed by atoms with Crippen molar-refractivity contribution in [2.45, 2.75) is 19.3 Å². The second kappa shape index (κ2) is 9.30. The first kappa shape index (κ1) is 21.7. The maximum Gasteiger partial charge on any atom is 0.255 e. The Morgan fingerprint density at radius 1 is 0.938 bits per heavy atom. The van der Waals surface area contributed by atoms with E-state index in [0.717, 1.165) is 16.7 Å². The van der Waals surface area contributed by atoms with E-state index in [2.05, 4.69) is 28.2 Å². The van der Waals surface area contributed by atoms with Crippen molar-refractivity contribution >= 4 is 11.8 Å². The Hall–Kier alpha value is -3.54. The number of likely N-dealkylation sites (tertiary alicyclic amines) is 1. The van der Waals surface area contributed by atoms with Gasteiger partial charge in [0.1, 0.15) is 0 Å².